The van der Waals surface area contributed by atoms with Crippen molar-refractivity contribution in [1.82, 2.24) is 5.32 Å². The van der Waals surface area contributed by atoms with Crippen LogP contribution >= 0.6 is 0 Å². The zero-order chi connectivity index (χ0) is 12.2. The smallest absolute Gasteiger partial charge is 0.0914 e. The van der Waals surface area contributed by atoms with E-state index in [-0.39, 0.29) is 5.60 Å². The number of benzene rings is 1. The van der Waals surface area contributed by atoms with Gasteiger partial charge in [0.25, 0.3) is 0 Å². The van der Waals surface area contributed by atoms with Crippen LogP contribution in [0, 0.1) is 0 Å². The molecule has 1 aromatic carbocycles. The summed E-state index contributed by atoms with van der Waals surface area (Å²) in [6.45, 7) is 4.60. The number of nitrogens with one attached hydrogen (secondary N) is 1. The molecule has 0 saturated heterocycles. The molecule has 0 saturated carbocycles. The van der Waals surface area contributed by atoms with E-state index in [4.69, 9.17) is 4.74 Å². The Morgan fingerprint density at radius 1 is 1.31 bits per heavy atom. The Balaban J connectivity index is 2.83. The Kier molecular flexibility index (Phi) is 4.47. The molecule has 0 bridgehead atoms. The van der Waals surface area contributed by atoms with Crippen LogP contribution in [0.1, 0.15) is 31.1 Å². The third kappa shape index (κ3) is 3.04. The highest BCUT2D eigenvalue weighted by molar-refractivity contribution is 5.27. The van der Waals surface area contributed by atoms with E-state index in [1.165, 1.54) is 0 Å². The molecule has 0 aromatic heterocycles. The van der Waals surface area contributed by atoms with Crippen LogP contribution in [0.25, 0.3) is 0 Å². The molecule has 0 aliphatic rings. The van der Waals surface area contributed by atoms with Crippen molar-refractivity contribution in [3.63, 3.8) is 0 Å². The van der Waals surface area contributed by atoms with Crippen LogP contribution in [0.15, 0.2) is 24.3 Å². The quantitative estimate of drug-likeness (QED) is 0.800. The Bertz CT molecular complexity index is 319. The summed E-state index contributed by atoms with van der Waals surface area (Å²) in [4.78, 5) is 0. The van der Waals surface area contributed by atoms with Crippen LogP contribution in [0.2, 0.25) is 0 Å². The maximum Gasteiger partial charge on any atom is 0.0914 e. The lowest BCUT2D eigenvalue weighted by atomic mass is 9.96. The van der Waals surface area contributed by atoms with E-state index in [1.54, 1.807) is 7.11 Å². The van der Waals surface area contributed by atoms with Gasteiger partial charge < -0.3 is 15.2 Å². The highest BCUT2D eigenvalue weighted by atomic mass is 16.5. The second-order valence-corrected chi connectivity index (χ2v) is 4.41. The molecule has 1 aromatic rings. The molecule has 3 heteroatoms. The van der Waals surface area contributed by atoms with Gasteiger partial charge in [0.1, 0.15) is 0 Å². The standard InChI is InChI=1S/C13H21NO2/c1-13(2,16-4)11-7-5-10(6-8-11)12(15)9-14-3/h5-8,12,14-15H,9H2,1-4H3. The van der Waals surface area contributed by atoms with Gasteiger partial charge in [-0.3, -0.25) is 0 Å². The van der Waals surface area contributed by atoms with Gasteiger partial charge in [-0.15, -0.1) is 0 Å². The van der Waals surface area contributed by atoms with Gasteiger partial charge in [-0.05, 0) is 32.0 Å². The van der Waals surface area contributed by atoms with Crippen molar-refractivity contribution in [2.24, 2.45) is 0 Å². The maximum absolute atomic E-state index is 9.78. The molecule has 2 N–H and O–H groups in total. The van der Waals surface area contributed by atoms with Gasteiger partial charge in [-0.25, -0.2) is 0 Å². The number of likely N-dealkylation sites (N-methyl/N-ethyl adjacent to an activating group) is 1. The number of ether oxygens (including phenoxy) is 1. The van der Waals surface area contributed by atoms with E-state index in [0.717, 1.165) is 11.1 Å². The lowest BCUT2D eigenvalue weighted by Gasteiger charge is -2.24. The van der Waals surface area contributed by atoms with Gasteiger partial charge in [-0.1, -0.05) is 24.3 Å². The molecule has 0 fully saturated rings. The van der Waals surface area contributed by atoms with Gasteiger partial charge in [0.15, 0.2) is 0 Å². The monoisotopic (exact) mass is 223 g/mol. The topological polar surface area (TPSA) is 41.5 Å². The molecule has 3 nitrogen and oxygen atoms in total. The third-order valence-electron chi connectivity index (χ3n) is 2.90. The second kappa shape index (κ2) is 5.43. The van der Waals surface area contributed by atoms with Crippen LogP contribution in [-0.2, 0) is 10.3 Å². The summed E-state index contributed by atoms with van der Waals surface area (Å²) in [5.41, 5.74) is 1.74. The van der Waals surface area contributed by atoms with Gasteiger partial charge in [0.2, 0.25) is 0 Å². The molecule has 0 amide bonds. The number of aliphatic hydroxyl groups excluding tert-OH is 1. The fourth-order valence-corrected chi connectivity index (χ4v) is 1.54. The molecule has 0 heterocycles. The fraction of sp³-hybridized carbons (Fsp3) is 0.538. The van der Waals surface area contributed by atoms with Gasteiger partial charge in [0, 0.05) is 13.7 Å². The summed E-state index contributed by atoms with van der Waals surface area (Å²) in [6, 6.07) is 7.88. The Hall–Kier alpha value is -0.900. The highest BCUT2D eigenvalue weighted by Gasteiger charge is 2.19. The number of hydrogen-bond donors (Lipinski definition) is 2. The van der Waals surface area contributed by atoms with Crippen molar-refractivity contribution >= 4 is 0 Å². The fourth-order valence-electron chi connectivity index (χ4n) is 1.54. The molecule has 1 atom stereocenters. The third-order valence-corrected chi connectivity index (χ3v) is 2.90. The predicted molar refractivity (Wildman–Crippen MR) is 65.4 cm³/mol. The first kappa shape index (κ1) is 13.2. The van der Waals surface area contributed by atoms with E-state index in [9.17, 15) is 5.11 Å². The largest absolute Gasteiger partial charge is 0.387 e. The lowest BCUT2D eigenvalue weighted by Crippen LogP contribution is -2.20. The van der Waals surface area contributed by atoms with E-state index in [0.29, 0.717) is 6.54 Å². The Labute approximate surface area is 97.4 Å². The molecule has 16 heavy (non-hydrogen) atoms. The summed E-state index contributed by atoms with van der Waals surface area (Å²) in [6.07, 6.45) is -0.454. The average Bonchev–Trinajstić information content (AvgIpc) is 2.29. The van der Waals surface area contributed by atoms with E-state index >= 15 is 0 Å². The zero-order valence-corrected chi connectivity index (χ0v) is 10.4. The van der Waals surface area contributed by atoms with Crippen molar-refractivity contribution in [3.05, 3.63) is 35.4 Å². The van der Waals surface area contributed by atoms with Crippen molar-refractivity contribution in [2.45, 2.75) is 25.6 Å². The molecule has 0 radical (unpaired) electrons. The molecule has 1 rings (SSSR count). The number of hydrogen-bond acceptors (Lipinski definition) is 3. The van der Waals surface area contributed by atoms with E-state index < -0.39 is 6.10 Å². The molecule has 90 valence electrons. The minimum atomic E-state index is -0.454. The molecule has 0 spiro atoms. The summed E-state index contributed by atoms with van der Waals surface area (Å²) in [5.74, 6) is 0. The molecular weight excluding hydrogens is 202 g/mol. The first-order valence-electron chi connectivity index (χ1n) is 5.49. The molecular formula is C13H21NO2. The number of rotatable bonds is 5. The molecule has 0 aliphatic carbocycles. The maximum atomic E-state index is 9.78. The lowest BCUT2D eigenvalue weighted by molar-refractivity contribution is 0.0191. The SMILES string of the molecule is CNCC(O)c1ccc(C(C)(C)OC)cc1. The number of aliphatic hydroxyl groups is 1. The van der Waals surface area contributed by atoms with Gasteiger partial charge >= 0.3 is 0 Å². The van der Waals surface area contributed by atoms with Crippen molar-refractivity contribution < 1.29 is 9.84 Å². The summed E-state index contributed by atoms with van der Waals surface area (Å²) in [7, 11) is 3.52. The van der Waals surface area contributed by atoms with Crippen molar-refractivity contribution in [1.29, 1.82) is 0 Å². The van der Waals surface area contributed by atoms with Gasteiger partial charge in [-0.2, -0.15) is 0 Å². The molecule has 0 aliphatic heterocycles. The summed E-state index contributed by atoms with van der Waals surface area (Å²) < 4.78 is 5.40. The Morgan fingerprint density at radius 3 is 2.31 bits per heavy atom. The zero-order valence-electron chi connectivity index (χ0n) is 10.4. The van der Waals surface area contributed by atoms with Crippen LogP contribution in [-0.4, -0.2) is 25.8 Å². The summed E-state index contributed by atoms with van der Waals surface area (Å²) >= 11 is 0. The van der Waals surface area contributed by atoms with Gasteiger partial charge in [0.05, 0.1) is 11.7 Å². The van der Waals surface area contributed by atoms with Crippen LogP contribution in [0.4, 0.5) is 0 Å². The summed E-state index contributed by atoms with van der Waals surface area (Å²) in [5, 5.41) is 12.7. The van der Waals surface area contributed by atoms with Crippen molar-refractivity contribution in [3.8, 4) is 0 Å². The first-order chi connectivity index (χ1) is 7.51. The van der Waals surface area contributed by atoms with E-state index in [1.807, 2.05) is 45.2 Å². The minimum absolute atomic E-state index is 0.285. The van der Waals surface area contributed by atoms with E-state index in [2.05, 4.69) is 5.32 Å². The highest BCUT2D eigenvalue weighted by Crippen LogP contribution is 2.25. The minimum Gasteiger partial charge on any atom is -0.387 e. The second-order valence-electron chi connectivity index (χ2n) is 4.41. The first-order valence-corrected chi connectivity index (χ1v) is 5.49. The van der Waals surface area contributed by atoms with Crippen LogP contribution < -0.4 is 5.32 Å². The normalized spacial score (nSPS) is 13.8. The average molecular weight is 223 g/mol. The predicted octanol–water partition coefficient (Wildman–Crippen LogP) is 1.82. The Morgan fingerprint density at radius 2 is 1.88 bits per heavy atom. The number of methoxy groups -OCH3 is 1. The van der Waals surface area contributed by atoms with Crippen LogP contribution in [0.3, 0.4) is 0 Å². The van der Waals surface area contributed by atoms with Crippen LogP contribution in [0.5, 0.6) is 0 Å². The van der Waals surface area contributed by atoms with Crippen molar-refractivity contribution in [2.75, 3.05) is 20.7 Å². The molecule has 1 unspecified atom stereocenters.